The molecule has 2 aromatic rings. The van der Waals surface area contributed by atoms with Gasteiger partial charge in [-0.1, -0.05) is 30.3 Å². The molecule has 0 bridgehead atoms. The average Bonchev–Trinajstić information content (AvgIpc) is 2.53. The summed E-state index contributed by atoms with van der Waals surface area (Å²) in [7, 11) is 0. The van der Waals surface area contributed by atoms with Crippen LogP contribution in [-0.4, -0.2) is 26.9 Å². The molecule has 0 amide bonds. The molecule has 0 fully saturated rings. The molecule has 2 aromatic carbocycles. The molecule has 2 rings (SSSR count). The molecule has 2 N–H and O–H groups in total. The first-order valence-electron chi connectivity index (χ1n) is 6.43. The summed E-state index contributed by atoms with van der Waals surface area (Å²) in [4.78, 5) is 33.2. The summed E-state index contributed by atoms with van der Waals surface area (Å²) in [5, 5.41) is 29.6. The maximum absolute atomic E-state index is 12.1. The number of hydrogen-bond acceptors (Lipinski definition) is 5. The second kappa shape index (κ2) is 6.52. The lowest BCUT2D eigenvalue weighted by Crippen LogP contribution is -2.06. The molecule has 0 saturated heterocycles. The molecule has 0 saturated carbocycles. The minimum absolute atomic E-state index is 0.0128. The smallest absolute Gasteiger partial charge is 0.336 e. The van der Waals surface area contributed by atoms with E-state index in [4.69, 9.17) is 5.11 Å². The number of hydrogen-bond donors (Lipinski definition) is 2. The zero-order valence-electron chi connectivity index (χ0n) is 11.7. The van der Waals surface area contributed by atoms with Gasteiger partial charge < -0.3 is 10.2 Å². The van der Waals surface area contributed by atoms with Crippen molar-refractivity contribution in [1.29, 1.82) is 0 Å². The molecule has 116 valence electrons. The molecule has 0 aliphatic heterocycles. The molecule has 0 atom stereocenters. The quantitative estimate of drug-likeness (QED) is 0.379. The number of carbonyl (C=O) groups excluding carboxylic acids is 1. The van der Waals surface area contributed by atoms with Gasteiger partial charge in [0.2, 0.25) is 5.75 Å². The second-order valence-electron chi connectivity index (χ2n) is 4.52. The molecule has 7 nitrogen and oxygen atoms in total. The zero-order chi connectivity index (χ0) is 17.0. The number of phenolic OH excluding ortho intramolecular Hbond substituents is 1. The summed E-state index contributed by atoms with van der Waals surface area (Å²) >= 11 is 0. The summed E-state index contributed by atoms with van der Waals surface area (Å²) in [6.07, 6.45) is 2.25. The number of nitrogens with zero attached hydrogens (tertiary/aromatic N) is 1. The van der Waals surface area contributed by atoms with Crippen LogP contribution in [-0.2, 0) is 0 Å². The number of aromatic hydroxyl groups is 1. The van der Waals surface area contributed by atoms with Gasteiger partial charge in [-0.15, -0.1) is 0 Å². The third kappa shape index (κ3) is 3.41. The Morgan fingerprint density at radius 3 is 2.30 bits per heavy atom. The predicted octanol–water partition coefficient (Wildman–Crippen LogP) is 2.89. The van der Waals surface area contributed by atoms with Gasteiger partial charge in [-0.3, -0.25) is 14.9 Å². The number of carboxylic acids is 1. The Labute approximate surface area is 130 Å². The molecule has 23 heavy (non-hydrogen) atoms. The fourth-order valence-corrected chi connectivity index (χ4v) is 1.97. The molecule has 0 radical (unpaired) electrons. The van der Waals surface area contributed by atoms with Crippen LogP contribution in [0.1, 0.15) is 26.3 Å². The number of ketones is 1. The molecular weight excluding hydrogens is 302 g/mol. The average molecular weight is 313 g/mol. The van der Waals surface area contributed by atoms with E-state index in [0.717, 1.165) is 12.1 Å². The van der Waals surface area contributed by atoms with Gasteiger partial charge in [0.1, 0.15) is 0 Å². The minimum Gasteiger partial charge on any atom is -0.502 e. The number of nitro groups is 1. The topological polar surface area (TPSA) is 118 Å². The highest BCUT2D eigenvalue weighted by molar-refractivity contribution is 6.12. The number of phenols is 1. The van der Waals surface area contributed by atoms with Gasteiger partial charge in [0, 0.05) is 17.2 Å². The van der Waals surface area contributed by atoms with Crippen LogP contribution in [0.3, 0.4) is 0 Å². The van der Waals surface area contributed by atoms with E-state index in [1.807, 2.05) is 0 Å². The van der Waals surface area contributed by atoms with Crippen LogP contribution in [0.4, 0.5) is 5.69 Å². The van der Waals surface area contributed by atoms with Gasteiger partial charge in [-0.25, -0.2) is 4.79 Å². The Balaban J connectivity index is 2.35. The lowest BCUT2D eigenvalue weighted by molar-refractivity contribution is -0.385. The van der Waals surface area contributed by atoms with E-state index in [1.165, 1.54) is 42.5 Å². The molecular formula is C16H11NO6. The predicted molar refractivity (Wildman–Crippen MR) is 81.5 cm³/mol. The Morgan fingerprint density at radius 2 is 1.70 bits per heavy atom. The number of nitro benzene ring substituents is 1. The van der Waals surface area contributed by atoms with Crippen molar-refractivity contribution < 1.29 is 24.7 Å². The third-order valence-corrected chi connectivity index (χ3v) is 3.08. The van der Waals surface area contributed by atoms with Gasteiger partial charge in [0.05, 0.1) is 10.5 Å². The van der Waals surface area contributed by atoms with Crippen LogP contribution in [0, 0.1) is 10.1 Å². The minimum atomic E-state index is -1.24. The Hall–Kier alpha value is -3.48. The van der Waals surface area contributed by atoms with E-state index in [9.17, 15) is 24.8 Å². The van der Waals surface area contributed by atoms with Crippen molar-refractivity contribution in [2.24, 2.45) is 0 Å². The highest BCUT2D eigenvalue weighted by Crippen LogP contribution is 2.30. The highest BCUT2D eigenvalue weighted by Gasteiger charge is 2.16. The Kier molecular flexibility index (Phi) is 4.51. The molecule has 0 unspecified atom stereocenters. The number of allylic oxidation sites excluding steroid dienone is 1. The van der Waals surface area contributed by atoms with Crippen LogP contribution in [0.15, 0.2) is 48.5 Å². The maximum Gasteiger partial charge on any atom is 0.336 e. The first-order chi connectivity index (χ1) is 10.9. The number of aromatic carboxylic acids is 1. The SMILES string of the molecule is O=C(O)c1ccccc1C(=O)C=Cc1cccc([N+](=O)[O-])c1O. The monoisotopic (exact) mass is 313 g/mol. The van der Waals surface area contributed by atoms with Gasteiger partial charge in [0.15, 0.2) is 5.78 Å². The van der Waals surface area contributed by atoms with Crippen molar-refractivity contribution in [3.8, 4) is 5.75 Å². The molecule has 0 spiro atoms. The van der Waals surface area contributed by atoms with Crippen LogP contribution >= 0.6 is 0 Å². The number of carboxylic acid groups (broad SMARTS) is 1. The molecule has 0 heterocycles. The number of benzene rings is 2. The van der Waals surface area contributed by atoms with Crippen molar-refractivity contribution in [3.63, 3.8) is 0 Å². The second-order valence-corrected chi connectivity index (χ2v) is 4.52. The normalized spacial score (nSPS) is 10.6. The molecule has 0 aliphatic rings. The van der Waals surface area contributed by atoms with Crippen molar-refractivity contribution >= 4 is 23.5 Å². The van der Waals surface area contributed by atoms with Crippen LogP contribution in [0.25, 0.3) is 6.08 Å². The van der Waals surface area contributed by atoms with E-state index in [2.05, 4.69) is 0 Å². The fraction of sp³-hybridized carbons (Fsp3) is 0. The van der Waals surface area contributed by atoms with Crippen LogP contribution in [0.5, 0.6) is 5.75 Å². The number of rotatable bonds is 5. The van der Waals surface area contributed by atoms with Gasteiger partial charge in [-0.2, -0.15) is 0 Å². The number of carbonyl (C=O) groups is 2. The lowest BCUT2D eigenvalue weighted by atomic mass is 10.0. The maximum atomic E-state index is 12.1. The number of para-hydroxylation sites is 1. The van der Waals surface area contributed by atoms with E-state index >= 15 is 0 Å². The molecule has 0 aliphatic carbocycles. The summed E-state index contributed by atoms with van der Waals surface area (Å²) in [6.45, 7) is 0. The third-order valence-electron chi connectivity index (χ3n) is 3.08. The summed E-state index contributed by atoms with van der Waals surface area (Å²) in [5.41, 5.74) is -0.558. The van der Waals surface area contributed by atoms with E-state index in [-0.39, 0.29) is 16.7 Å². The first kappa shape index (κ1) is 15.9. The standard InChI is InChI=1S/C16H11NO6/c18-14(11-5-1-2-6-12(11)16(20)21)9-8-10-4-3-7-13(15(10)19)17(22)23/h1-9,19H,(H,20,21). The molecule has 0 aromatic heterocycles. The summed E-state index contributed by atoms with van der Waals surface area (Å²) < 4.78 is 0. The van der Waals surface area contributed by atoms with Crippen molar-refractivity contribution in [1.82, 2.24) is 0 Å². The molecule has 7 heteroatoms. The first-order valence-corrected chi connectivity index (χ1v) is 6.43. The van der Waals surface area contributed by atoms with Crippen molar-refractivity contribution in [2.75, 3.05) is 0 Å². The fourth-order valence-electron chi connectivity index (χ4n) is 1.97. The van der Waals surface area contributed by atoms with Crippen molar-refractivity contribution in [2.45, 2.75) is 0 Å². The van der Waals surface area contributed by atoms with Crippen LogP contribution < -0.4 is 0 Å². The summed E-state index contributed by atoms with van der Waals surface area (Å²) in [5.74, 6) is -2.39. The Morgan fingerprint density at radius 1 is 1.04 bits per heavy atom. The zero-order valence-corrected chi connectivity index (χ0v) is 11.7. The lowest BCUT2D eigenvalue weighted by Gasteiger charge is -2.02. The van der Waals surface area contributed by atoms with E-state index in [0.29, 0.717) is 0 Å². The van der Waals surface area contributed by atoms with E-state index in [1.54, 1.807) is 0 Å². The van der Waals surface area contributed by atoms with Gasteiger partial charge in [-0.05, 0) is 18.2 Å². The van der Waals surface area contributed by atoms with Crippen LogP contribution in [0.2, 0.25) is 0 Å². The highest BCUT2D eigenvalue weighted by atomic mass is 16.6. The summed E-state index contributed by atoms with van der Waals surface area (Å²) in [6, 6.07) is 9.59. The van der Waals surface area contributed by atoms with E-state index < -0.39 is 28.1 Å². The largest absolute Gasteiger partial charge is 0.502 e. The van der Waals surface area contributed by atoms with Gasteiger partial charge in [0.25, 0.3) is 0 Å². The van der Waals surface area contributed by atoms with Gasteiger partial charge >= 0.3 is 11.7 Å². The Bertz CT molecular complexity index is 825. The van der Waals surface area contributed by atoms with Crippen molar-refractivity contribution in [3.05, 3.63) is 75.3 Å².